The second-order valence-corrected chi connectivity index (χ2v) is 4.63. The Morgan fingerprint density at radius 2 is 2.27 bits per heavy atom. The van der Waals surface area contributed by atoms with Gasteiger partial charge < -0.3 is 4.57 Å². The number of nitrogens with zero attached hydrogens (tertiary/aromatic N) is 2. The Hall–Kier alpha value is -0.540. The first-order valence-electron chi connectivity index (χ1n) is 5.07. The highest BCUT2D eigenvalue weighted by Crippen LogP contribution is 2.41. The van der Waals surface area contributed by atoms with Crippen molar-refractivity contribution in [3.63, 3.8) is 0 Å². The van der Waals surface area contributed by atoms with Crippen LogP contribution in [0.2, 0.25) is 10.3 Å². The highest BCUT2D eigenvalue weighted by molar-refractivity contribution is 6.32. The fourth-order valence-corrected chi connectivity index (χ4v) is 2.36. The van der Waals surface area contributed by atoms with Gasteiger partial charge in [0.2, 0.25) is 0 Å². The van der Waals surface area contributed by atoms with Crippen molar-refractivity contribution in [3.05, 3.63) is 26.9 Å². The van der Waals surface area contributed by atoms with Crippen LogP contribution in [0.5, 0.6) is 0 Å². The molecule has 1 fully saturated rings. The van der Waals surface area contributed by atoms with Crippen LogP contribution in [-0.2, 0) is 0 Å². The lowest BCUT2D eigenvalue weighted by Gasteiger charge is -2.17. The highest BCUT2D eigenvalue weighted by Gasteiger charge is 2.32. The minimum atomic E-state index is -0.236. The molecule has 0 N–H and O–H groups in total. The lowest BCUT2D eigenvalue weighted by molar-refractivity contribution is 0.418. The van der Waals surface area contributed by atoms with Crippen LogP contribution in [0.1, 0.15) is 32.2 Å². The van der Waals surface area contributed by atoms with Gasteiger partial charge in [-0.15, -0.1) is 0 Å². The molecule has 1 aromatic rings. The molecule has 2 rings (SSSR count). The Bertz CT molecular complexity index is 426. The molecular formula is C10H12Cl2N2O. The molecule has 0 aliphatic heterocycles. The first-order chi connectivity index (χ1) is 7.13. The van der Waals surface area contributed by atoms with Crippen molar-refractivity contribution in [2.24, 2.45) is 5.92 Å². The zero-order valence-corrected chi connectivity index (χ0v) is 9.92. The van der Waals surface area contributed by atoms with Gasteiger partial charge in [-0.2, -0.15) is 0 Å². The Morgan fingerprint density at radius 3 is 2.80 bits per heavy atom. The highest BCUT2D eigenvalue weighted by atomic mass is 35.5. The number of halogens is 2. The molecule has 0 amide bonds. The van der Waals surface area contributed by atoms with Gasteiger partial charge in [-0.25, -0.2) is 4.98 Å². The van der Waals surface area contributed by atoms with Gasteiger partial charge in [-0.05, 0) is 25.2 Å². The van der Waals surface area contributed by atoms with Crippen molar-refractivity contribution in [2.75, 3.05) is 0 Å². The molecule has 15 heavy (non-hydrogen) atoms. The molecule has 0 aromatic carbocycles. The van der Waals surface area contributed by atoms with E-state index in [1.165, 1.54) is 12.8 Å². The largest absolute Gasteiger partial charge is 0.306 e. The second kappa shape index (κ2) is 4.14. The van der Waals surface area contributed by atoms with Crippen molar-refractivity contribution in [1.82, 2.24) is 9.55 Å². The molecule has 1 aromatic heterocycles. The topological polar surface area (TPSA) is 34.9 Å². The zero-order valence-electron chi connectivity index (χ0n) is 8.41. The van der Waals surface area contributed by atoms with E-state index in [1.807, 2.05) is 0 Å². The first kappa shape index (κ1) is 11.0. The number of hydrogen-bond acceptors (Lipinski definition) is 2. The van der Waals surface area contributed by atoms with E-state index >= 15 is 0 Å². The minimum absolute atomic E-state index is 0.0402. The normalized spacial score (nSPS) is 17.8. The maximum absolute atomic E-state index is 11.8. The van der Waals surface area contributed by atoms with Crippen molar-refractivity contribution in [3.8, 4) is 0 Å². The zero-order chi connectivity index (χ0) is 11.0. The van der Waals surface area contributed by atoms with E-state index in [4.69, 9.17) is 23.2 Å². The van der Waals surface area contributed by atoms with Crippen molar-refractivity contribution >= 4 is 23.2 Å². The summed E-state index contributed by atoms with van der Waals surface area (Å²) in [5, 5.41) is 0.236. The molecule has 0 saturated heterocycles. The molecule has 1 aliphatic carbocycles. The maximum Gasteiger partial charge on any atom is 0.288 e. The van der Waals surface area contributed by atoms with Crippen LogP contribution < -0.4 is 5.56 Å². The summed E-state index contributed by atoms with van der Waals surface area (Å²) in [6.45, 7) is 2.07. The van der Waals surface area contributed by atoms with E-state index in [-0.39, 0.29) is 21.9 Å². The van der Waals surface area contributed by atoms with Crippen LogP contribution >= 0.6 is 23.2 Å². The quantitative estimate of drug-likeness (QED) is 0.823. The van der Waals surface area contributed by atoms with Crippen molar-refractivity contribution in [2.45, 2.75) is 32.2 Å². The molecule has 0 spiro atoms. The molecule has 1 aliphatic rings. The fraction of sp³-hybridized carbons (Fsp3) is 0.600. The summed E-state index contributed by atoms with van der Waals surface area (Å²) in [5.74, 6) is 0.599. The van der Waals surface area contributed by atoms with E-state index < -0.39 is 0 Å². The van der Waals surface area contributed by atoms with Crippen LogP contribution in [0.4, 0.5) is 0 Å². The van der Waals surface area contributed by atoms with Crippen molar-refractivity contribution < 1.29 is 0 Å². The average molecular weight is 247 g/mol. The van der Waals surface area contributed by atoms with Crippen LogP contribution in [0, 0.1) is 5.92 Å². The molecule has 1 saturated carbocycles. The number of hydrogen-bond donors (Lipinski definition) is 0. The maximum atomic E-state index is 11.8. The van der Waals surface area contributed by atoms with Crippen LogP contribution in [0.15, 0.2) is 11.0 Å². The van der Waals surface area contributed by atoms with E-state index in [2.05, 4.69) is 11.9 Å². The molecule has 5 heteroatoms. The number of rotatable bonds is 3. The Labute approximate surface area is 98.0 Å². The minimum Gasteiger partial charge on any atom is -0.306 e. The molecule has 1 atom stereocenters. The van der Waals surface area contributed by atoms with Crippen LogP contribution in [0.3, 0.4) is 0 Å². The molecule has 0 radical (unpaired) electrons. The SMILES string of the molecule is CC[C@@H](C1CC1)n1cc(Cl)nc(Cl)c1=O. The summed E-state index contributed by atoms with van der Waals surface area (Å²) >= 11 is 11.5. The lowest BCUT2D eigenvalue weighted by atomic mass is 10.1. The molecule has 0 bridgehead atoms. The summed E-state index contributed by atoms with van der Waals surface area (Å²) < 4.78 is 1.63. The van der Waals surface area contributed by atoms with Gasteiger partial charge in [0.1, 0.15) is 5.15 Å². The summed E-state index contributed by atoms with van der Waals surface area (Å²) in [4.78, 5) is 15.5. The third-order valence-corrected chi connectivity index (χ3v) is 3.23. The average Bonchev–Trinajstić information content (AvgIpc) is 2.98. The summed E-state index contributed by atoms with van der Waals surface area (Å²) in [6.07, 6.45) is 4.87. The molecule has 0 unspecified atom stereocenters. The third-order valence-electron chi connectivity index (χ3n) is 2.80. The van der Waals surface area contributed by atoms with Gasteiger partial charge >= 0.3 is 0 Å². The van der Waals surface area contributed by atoms with Gasteiger partial charge in [0.25, 0.3) is 5.56 Å². The van der Waals surface area contributed by atoms with Gasteiger partial charge in [-0.1, -0.05) is 30.1 Å². The van der Waals surface area contributed by atoms with Crippen LogP contribution in [0.25, 0.3) is 0 Å². The van der Waals surface area contributed by atoms with E-state index in [0.29, 0.717) is 5.92 Å². The predicted octanol–water partition coefficient (Wildman–Crippen LogP) is 2.91. The van der Waals surface area contributed by atoms with E-state index in [1.54, 1.807) is 10.8 Å². The van der Waals surface area contributed by atoms with Gasteiger partial charge in [0.15, 0.2) is 5.15 Å². The molecular weight excluding hydrogens is 235 g/mol. The Balaban J connectivity index is 2.45. The van der Waals surface area contributed by atoms with E-state index in [9.17, 15) is 4.79 Å². The summed E-state index contributed by atoms with van der Waals surface area (Å²) in [6, 6.07) is 0.218. The van der Waals surface area contributed by atoms with Gasteiger partial charge in [0, 0.05) is 12.2 Å². The van der Waals surface area contributed by atoms with Crippen molar-refractivity contribution in [1.29, 1.82) is 0 Å². The fourth-order valence-electron chi connectivity index (χ4n) is 1.93. The van der Waals surface area contributed by atoms with E-state index in [0.717, 1.165) is 6.42 Å². The third kappa shape index (κ3) is 2.18. The summed E-state index contributed by atoms with van der Waals surface area (Å²) in [7, 11) is 0. The first-order valence-corrected chi connectivity index (χ1v) is 5.83. The Kier molecular flexibility index (Phi) is 3.03. The molecule has 1 heterocycles. The number of aromatic nitrogens is 2. The predicted molar refractivity (Wildman–Crippen MR) is 60.6 cm³/mol. The molecule has 3 nitrogen and oxygen atoms in total. The Morgan fingerprint density at radius 1 is 1.60 bits per heavy atom. The standard InChI is InChI=1S/C10H12Cl2N2O/c1-2-7(6-3-4-6)14-5-8(11)13-9(12)10(14)15/h5-7H,2-4H2,1H3/t7-/m0/s1. The summed E-state index contributed by atoms with van der Waals surface area (Å²) in [5.41, 5.74) is -0.236. The second-order valence-electron chi connectivity index (χ2n) is 3.88. The lowest BCUT2D eigenvalue weighted by Crippen LogP contribution is -2.26. The monoisotopic (exact) mass is 246 g/mol. The van der Waals surface area contributed by atoms with Gasteiger partial charge in [-0.3, -0.25) is 4.79 Å². The van der Waals surface area contributed by atoms with Crippen LogP contribution in [-0.4, -0.2) is 9.55 Å². The van der Waals surface area contributed by atoms with Gasteiger partial charge in [0.05, 0.1) is 0 Å². The smallest absolute Gasteiger partial charge is 0.288 e. The molecule has 82 valence electrons.